The largest absolute Gasteiger partial charge is 0.451 e. The van der Waals surface area contributed by atoms with Crippen LogP contribution in [0.1, 0.15) is 44.8 Å². The van der Waals surface area contributed by atoms with E-state index in [0.29, 0.717) is 5.56 Å². The molecule has 1 N–H and O–H groups in total. The summed E-state index contributed by atoms with van der Waals surface area (Å²) in [6.07, 6.45) is -1.87. The van der Waals surface area contributed by atoms with E-state index < -0.39 is 12.2 Å². The smallest absolute Gasteiger partial charge is 0.339 e. The summed E-state index contributed by atoms with van der Waals surface area (Å²) >= 11 is 0. The number of carbonyl (C=O) groups is 1. The van der Waals surface area contributed by atoms with E-state index in [2.05, 4.69) is 48.5 Å². The summed E-state index contributed by atoms with van der Waals surface area (Å²) in [6, 6.07) is 24.6. The van der Waals surface area contributed by atoms with Crippen molar-refractivity contribution < 1.29 is 14.6 Å². The molecule has 2 atom stereocenters. The maximum absolute atomic E-state index is 14.3. The predicted octanol–water partition coefficient (Wildman–Crippen LogP) is 12.6. The van der Waals surface area contributed by atoms with Crippen LogP contribution in [0.2, 0.25) is 0 Å². The summed E-state index contributed by atoms with van der Waals surface area (Å²) in [7, 11) is 0. The highest BCUT2D eigenvalue weighted by Gasteiger charge is 2.45. The Morgan fingerprint density at radius 1 is 0.423 bits per heavy atom. The number of esters is 1. The topological polar surface area (TPSA) is 46.5 Å². The number of carbonyl (C=O) groups excluding carboxylic acids is 1. The molecule has 3 heteroatoms. The first-order valence-corrected chi connectivity index (χ1v) is 18.4. The third-order valence-corrected chi connectivity index (χ3v) is 14.8. The molecule has 17 rings (SSSR count). The Labute approximate surface area is 291 Å². The third-order valence-electron chi connectivity index (χ3n) is 14.8. The van der Waals surface area contributed by atoms with Crippen molar-refractivity contribution in [3.63, 3.8) is 0 Å². The van der Waals surface area contributed by atoms with Crippen molar-refractivity contribution in [2.75, 3.05) is 0 Å². The fraction of sp³-hybridized carbons (Fsp3) is 0.0816. The number of ether oxygens (including phenoxy) is 1. The predicted molar refractivity (Wildman–Crippen MR) is 215 cm³/mol. The lowest BCUT2D eigenvalue weighted by molar-refractivity contribution is -0.0195. The van der Waals surface area contributed by atoms with E-state index in [9.17, 15) is 9.90 Å². The van der Waals surface area contributed by atoms with Gasteiger partial charge in [0.25, 0.3) is 0 Å². The molecular formula is C49H20O3. The molecule has 2 unspecified atom stereocenters. The van der Waals surface area contributed by atoms with Gasteiger partial charge in [-0.25, -0.2) is 4.79 Å². The molecule has 52 heavy (non-hydrogen) atoms. The van der Waals surface area contributed by atoms with E-state index in [0.717, 1.165) is 33.0 Å². The normalized spacial score (nSPS) is 18.0. The second-order valence-corrected chi connectivity index (χ2v) is 16.5. The Morgan fingerprint density at radius 2 is 0.731 bits per heavy atom. The van der Waals surface area contributed by atoms with Gasteiger partial charge < -0.3 is 9.84 Å². The number of hydrogen-bond donors (Lipinski definition) is 1. The molecule has 16 aromatic rings. The van der Waals surface area contributed by atoms with E-state index in [1.54, 1.807) is 0 Å². The van der Waals surface area contributed by atoms with Crippen LogP contribution in [-0.4, -0.2) is 11.1 Å². The van der Waals surface area contributed by atoms with Gasteiger partial charge in [0, 0.05) is 11.1 Å². The van der Waals surface area contributed by atoms with E-state index >= 15 is 0 Å². The molecule has 0 aliphatic heterocycles. The van der Waals surface area contributed by atoms with Crippen molar-refractivity contribution in [1.29, 1.82) is 0 Å². The summed E-state index contributed by atoms with van der Waals surface area (Å²) in [5.74, 6) is -0.376. The molecule has 3 nitrogen and oxygen atoms in total. The number of benzene rings is 10. The molecule has 0 aromatic heterocycles. The minimum absolute atomic E-state index is 0.376. The summed E-state index contributed by atoms with van der Waals surface area (Å²) in [6.45, 7) is 3.93. The SMILES string of the molecule is Cc1cccc(C)c1C(=O)OC1c2c3ccc4c5ccc6c7ccc8c9ccc%10c(c%11c2c2c3c4c3c5c6c4c7c8c5c9c%10c%11c6c2c3c4c56)C1O. The van der Waals surface area contributed by atoms with Crippen molar-refractivity contribution >= 4 is 157 Å². The van der Waals surface area contributed by atoms with Crippen LogP contribution in [0.4, 0.5) is 0 Å². The minimum Gasteiger partial charge on any atom is -0.451 e. The molecule has 1 aliphatic rings. The lowest BCUT2D eigenvalue weighted by Crippen LogP contribution is -2.21. The molecule has 0 saturated carbocycles. The van der Waals surface area contributed by atoms with Crippen molar-refractivity contribution in [2.24, 2.45) is 0 Å². The maximum atomic E-state index is 14.3. The second-order valence-electron chi connectivity index (χ2n) is 16.5. The molecule has 1 aliphatic carbocycles. The lowest BCUT2D eigenvalue weighted by atomic mass is 9.85. The minimum atomic E-state index is -1.02. The highest BCUT2D eigenvalue weighted by atomic mass is 16.6. The molecule has 0 heterocycles. The Morgan fingerprint density at radius 3 is 1.15 bits per heavy atom. The molecule has 234 valence electrons. The van der Waals surface area contributed by atoms with Gasteiger partial charge in [0.05, 0.1) is 5.56 Å². The van der Waals surface area contributed by atoms with Crippen molar-refractivity contribution in [1.82, 2.24) is 0 Å². The fourth-order valence-corrected chi connectivity index (χ4v) is 13.4. The zero-order chi connectivity index (χ0) is 33.3. The van der Waals surface area contributed by atoms with Crippen molar-refractivity contribution in [2.45, 2.75) is 26.1 Å². The van der Waals surface area contributed by atoms with E-state index in [1.165, 1.54) is 140 Å². The van der Waals surface area contributed by atoms with Crippen LogP contribution < -0.4 is 0 Å². The quantitative estimate of drug-likeness (QED) is 0.149. The van der Waals surface area contributed by atoms with E-state index in [4.69, 9.17) is 4.74 Å². The Balaban J connectivity index is 1.23. The molecule has 0 spiro atoms. The number of aryl methyl sites for hydroxylation is 2. The van der Waals surface area contributed by atoms with Gasteiger partial charge in [-0.1, -0.05) is 66.7 Å². The average molecular weight is 657 g/mol. The highest BCUT2D eigenvalue weighted by Crippen LogP contribution is 2.69. The van der Waals surface area contributed by atoms with Crippen LogP contribution in [0.5, 0.6) is 0 Å². The first-order chi connectivity index (χ1) is 25.5. The van der Waals surface area contributed by atoms with Gasteiger partial charge in [-0.15, -0.1) is 0 Å². The number of rotatable bonds is 2. The van der Waals surface area contributed by atoms with E-state index in [1.807, 2.05) is 32.0 Å². The van der Waals surface area contributed by atoms with Crippen molar-refractivity contribution in [3.05, 3.63) is 94.5 Å². The first-order valence-electron chi connectivity index (χ1n) is 18.4. The molecular weight excluding hydrogens is 637 g/mol. The van der Waals surface area contributed by atoms with Crippen LogP contribution in [0.3, 0.4) is 0 Å². The second kappa shape index (κ2) is 6.61. The van der Waals surface area contributed by atoms with Gasteiger partial charge in [-0.2, -0.15) is 0 Å². The molecule has 0 amide bonds. The van der Waals surface area contributed by atoms with Crippen LogP contribution in [0.15, 0.2) is 66.7 Å². The number of hydrogen-bond acceptors (Lipinski definition) is 3. The number of fused-ring (bicyclic) bond motifs is 5. The van der Waals surface area contributed by atoms with Gasteiger partial charge in [0.2, 0.25) is 0 Å². The molecule has 0 fully saturated rings. The zero-order valence-electron chi connectivity index (χ0n) is 27.8. The van der Waals surface area contributed by atoms with Crippen LogP contribution >= 0.6 is 0 Å². The molecule has 0 saturated heterocycles. The van der Waals surface area contributed by atoms with Crippen LogP contribution in [-0.2, 0) is 4.74 Å². The van der Waals surface area contributed by atoms with Crippen molar-refractivity contribution in [3.8, 4) is 0 Å². The monoisotopic (exact) mass is 656 g/mol. The highest BCUT2D eigenvalue weighted by molar-refractivity contribution is 6.69. The van der Waals surface area contributed by atoms with Gasteiger partial charge >= 0.3 is 5.97 Å². The lowest BCUT2D eigenvalue weighted by Gasteiger charge is -2.29. The first kappa shape index (κ1) is 24.0. The molecule has 0 radical (unpaired) electrons. The summed E-state index contributed by atoms with van der Waals surface area (Å²) in [5.41, 5.74) is 4.25. The summed E-state index contributed by atoms with van der Waals surface area (Å²) in [5, 5.41) is 50.3. The fourth-order valence-electron chi connectivity index (χ4n) is 13.4. The number of aliphatic hydroxyl groups excluding tert-OH is 1. The van der Waals surface area contributed by atoms with Gasteiger partial charge in [-0.3, -0.25) is 0 Å². The maximum Gasteiger partial charge on any atom is 0.339 e. The Kier molecular flexibility index (Phi) is 3.05. The number of aliphatic hydroxyl groups is 1. The molecule has 0 bridgehead atoms. The average Bonchev–Trinajstić information content (AvgIpc) is 3.97. The Hall–Kier alpha value is -6.29. The van der Waals surface area contributed by atoms with Gasteiger partial charge in [0.15, 0.2) is 6.10 Å². The standard InChI is InChI=1S/C49H20O3/c1-14-4-3-5-15(2)24(14)49(51)52-48-34-23-13-11-21-19-9-7-17-16-6-8-18-20-10-12-22-31-29(20)36-27(18)25(16)35-26(17)28(19)37-30(21)32(23)39-41(34)40(33(22)47(48)50)38(31)45-43(36)42(35)44(37)46(39)45/h3-13,47-48,50H,1-2H3. The molecule has 16 aromatic carbocycles. The van der Waals surface area contributed by atoms with Gasteiger partial charge in [0.1, 0.15) is 6.10 Å². The summed E-state index contributed by atoms with van der Waals surface area (Å²) in [4.78, 5) is 14.3. The third kappa shape index (κ3) is 1.85. The van der Waals surface area contributed by atoms with Crippen LogP contribution in [0.25, 0.3) is 151 Å². The zero-order valence-corrected chi connectivity index (χ0v) is 27.8. The Bertz CT molecular complexity index is 4200. The summed E-state index contributed by atoms with van der Waals surface area (Å²) < 4.78 is 6.69. The van der Waals surface area contributed by atoms with E-state index in [-0.39, 0.29) is 5.97 Å². The van der Waals surface area contributed by atoms with Gasteiger partial charge in [-0.05, 0) is 176 Å². The van der Waals surface area contributed by atoms with Crippen LogP contribution in [0, 0.1) is 13.8 Å².